The smallest absolute Gasteiger partial charge is 0.408 e. The summed E-state index contributed by atoms with van der Waals surface area (Å²) >= 11 is 16.2. The minimum atomic E-state index is -1.83. The van der Waals surface area contributed by atoms with Crippen LogP contribution in [-0.4, -0.2) is 39.6 Å². The van der Waals surface area contributed by atoms with Gasteiger partial charge in [0.05, 0.1) is 6.42 Å². The van der Waals surface area contributed by atoms with Crippen molar-refractivity contribution < 1.29 is 29.0 Å². The van der Waals surface area contributed by atoms with E-state index in [2.05, 4.69) is 4.74 Å². The van der Waals surface area contributed by atoms with Crippen molar-refractivity contribution in [3.05, 3.63) is 35.9 Å². The Kier molecular flexibility index (Phi) is 8.10. The van der Waals surface area contributed by atoms with Gasteiger partial charge in [0.2, 0.25) is 3.79 Å². The third-order valence-electron chi connectivity index (χ3n) is 2.57. The predicted octanol–water partition coefficient (Wildman–Crippen LogP) is 2.67. The molecule has 0 heterocycles. The molecule has 0 unspecified atom stereocenters. The van der Waals surface area contributed by atoms with E-state index in [4.69, 9.17) is 44.6 Å². The van der Waals surface area contributed by atoms with Gasteiger partial charge in [-0.25, -0.2) is 9.59 Å². The van der Waals surface area contributed by atoms with Gasteiger partial charge in [0.1, 0.15) is 19.3 Å². The van der Waals surface area contributed by atoms with E-state index in [0.717, 1.165) is 5.56 Å². The van der Waals surface area contributed by atoms with Gasteiger partial charge in [-0.15, -0.1) is 0 Å². The number of hydrogen-bond donors (Lipinski definition) is 2. The molecule has 24 heavy (non-hydrogen) atoms. The molecule has 0 saturated carbocycles. The molecule has 0 bridgehead atoms. The summed E-state index contributed by atoms with van der Waals surface area (Å²) in [5.41, 5.74) is 0.743. The molecule has 10 heteroatoms. The maximum atomic E-state index is 11.7. The molecule has 1 atom stereocenters. The van der Waals surface area contributed by atoms with Crippen LogP contribution in [-0.2, 0) is 25.7 Å². The maximum Gasteiger partial charge on any atom is 0.408 e. The number of halogens is 3. The van der Waals surface area contributed by atoms with Crippen LogP contribution in [0.3, 0.4) is 0 Å². The van der Waals surface area contributed by atoms with Crippen LogP contribution in [0.1, 0.15) is 12.0 Å². The first-order valence-corrected chi connectivity index (χ1v) is 7.73. The Morgan fingerprint density at radius 1 is 1.12 bits per heavy atom. The molecule has 1 aromatic rings. The molecule has 7 nitrogen and oxygen atoms in total. The van der Waals surface area contributed by atoms with Crippen LogP contribution >= 0.6 is 34.8 Å². The van der Waals surface area contributed by atoms with Gasteiger partial charge in [0.15, 0.2) is 0 Å². The lowest BCUT2D eigenvalue weighted by molar-refractivity contribution is -0.150. The Morgan fingerprint density at radius 2 is 1.75 bits per heavy atom. The van der Waals surface area contributed by atoms with Crippen LogP contribution in [0.5, 0.6) is 0 Å². The number of carboxylic acids is 1. The number of carbonyl (C=O) groups is 3. The van der Waals surface area contributed by atoms with E-state index in [9.17, 15) is 14.4 Å². The summed E-state index contributed by atoms with van der Waals surface area (Å²) in [4.78, 5) is 34.2. The second kappa shape index (κ2) is 9.56. The number of aliphatic carboxylic acids is 1. The summed E-state index contributed by atoms with van der Waals surface area (Å²) in [5, 5.41) is 11.0. The van der Waals surface area contributed by atoms with Gasteiger partial charge in [0.25, 0.3) is 0 Å². The highest BCUT2D eigenvalue weighted by molar-refractivity contribution is 6.67. The number of rotatable bonds is 7. The molecule has 0 aliphatic carbocycles. The predicted molar refractivity (Wildman–Crippen MR) is 87.1 cm³/mol. The van der Waals surface area contributed by atoms with Gasteiger partial charge in [-0.2, -0.15) is 0 Å². The van der Waals surface area contributed by atoms with Crippen LogP contribution in [0.15, 0.2) is 30.3 Å². The SMILES string of the molecule is O=C(C[C@H](NC(=O)OCC(Cl)(Cl)Cl)C(=O)O)OCc1ccccc1. The van der Waals surface area contributed by atoms with E-state index < -0.39 is 40.9 Å². The third kappa shape index (κ3) is 8.81. The summed E-state index contributed by atoms with van der Waals surface area (Å²) in [6.07, 6.45) is -1.71. The third-order valence-corrected chi connectivity index (χ3v) is 2.90. The monoisotopic (exact) mass is 397 g/mol. The summed E-state index contributed by atoms with van der Waals surface area (Å²) in [5.74, 6) is -2.23. The zero-order valence-electron chi connectivity index (χ0n) is 12.2. The van der Waals surface area contributed by atoms with Crippen molar-refractivity contribution in [2.45, 2.75) is 22.9 Å². The summed E-state index contributed by atoms with van der Waals surface area (Å²) in [6, 6.07) is 7.30. The van der Waals surface area contributed by atoms with Crippen LogP contribution in [0.4, 0.5) is 4.79 Å². The van der Waals surface area contributed by atoms with E-state index in [-0.39, 0.29) is 6.61 Å². The van der Waals surface area contributed by atoms with Gasteiger partial charge in [-0.1, -0.05) is 65.1 Å². The highest BCUT2D eigenvalue weighted by atomic mass is 35.6. The lowest BCUT2D eigenvalue weighted by atomic mass is 10.2. The second-order valence-corrected chi connectivity index (χ2v) is 7.09. The highest BCUT2D eigenvalue weighted by Gasteiger charge is 2.27. The molecular formula is C14H14Cl3NO6. The largest absolute Gasteiger partial charge is 0.480 e. The number of esters is 1. The van der Waals surface area contributed by atoms with Crippen molar-refractivity contribution in [3.63, 3.8) is 0 Å². The van der Waals surface area contributed by atoms with Crippen LogP contribution in [0.2, 0.25) is 0 Å². The number of amides is 1. The Labute approximate surface area is 152 Å². The van der Waals surface area contributed by atoms with Crippen molar-refractivity contribution in [2.75, 3.05) is 6.61 Å². The first-order chi connectivity index (χ1) is 11.2. The molecule has 0 fully saturated rings. The minimum Gasteiger partial charge on any atom is -0.480 e. The number of nitrogens with one attached hydrogen (secondary N) is 1. The Balaban J connectivity index is 2.45. The molecule has 0 aromatic heterocycles. The maximum absolute atomic E-state index is 11.7. The molecular weight excluding hydrogens is 385 g/mol. The average molecular weight is 399 g/mol. The van der Waals surface area contributed by atoms with Gasteiger partial charge < -0.3 is 19.9 Å². The van der Waals surface area contributed by atoms with Gasteiger partial charge in [-0.05, 0) is 5.56 Å². The van der Waals surface area contributed by atoms with E-state index in [1.165, 1.54) is 0 Å². The van der Waals surface area contributed by atoms with Crippen molar-refractivity contribution in [1.82, 2.24) is 5.32 Å². The quantitative estimate of drug-likeness (QED) is 0.541. The number of hydrogen-bond acceptors (Lipinski definition) is 5. The fraction of sp³-hybridized carbons (Fsp3) is 0.357. The van der Waals surface area contributed by atoms with Crippen molar-refractivity contribution in [1.29, 1.82) is 0 Å². The summed E-state index contributed by atoms with van der Waals surface area (Å²) in [7, 11) is 0. The van der Waals surface area contributed by atoms with Crippen LogP contribution in [0, 0.1) is 0 Å². The molecule has 1 rings (SSSR count). The molecule has 2 N–H and O–H groups in total. The summed E-state index contributed by atoms with van der Waals surface area (Å²) in [6.45, 7) is -0.585. The zero-order valence-corrected chi connectivity index (χ0v) is 14.5. The van der Waals surface area contributed by atoms with Gasteiger partial charge in [0, 0.05) is 0 Å². The lowest BCUT2D eigenvalue weighted by Crippen LogP contribution is -2.43. The zero-order chi connectivity index (χ0) is 18.2. The van der Waals surface area contributed by atoms with E-state index in [1.807, 2.05) is 5.32 Å². The summed E-state index contributed by atoms with van der Waals surface area (Å²) < 4.78 is 7.65. The normalized spacial score (nSPS) is 12.1. The molecule has 0 aliphatic heterocycles. The first-order valence-electron chi connectivity index (χ1n) is 6.60. The fourth-order valence-corrected chi connectivity index (χ4v) is 1.66. The number of ether oxygens (including phenoxy) is 2. The molecule has 1 aromatic carbocycles. The topological polar surface area (TPSA) is 102 Å². The standard InChI is InChI=1S/C14H14Cl3NO6/c15-14(16,17)8-24-13(22)18-10(12(20)21)6-11(19)23-7-9-4-2-1-3-5-9/h1-5,10H,6-8H2,(H,18,22)(H,20,21)/t10-/m0/s1. The minimum absolute atomic E-state index is 0.0102. The average Bonchev–Trinajstić information content (AvgIpc) is 2.50. The lowest BCUT2D eigenvalue weighted by Gasteiger charge is -2.16. The number of carbonyl (C=O) groups excluding carboxylic acids is 2. The van der Waals surface area contributed by atoms with Crippen molar-refractivity contribution in [3.8, 4) is 0 Å². The Bertz CT molecular complexity index is 576. The van der Waals surface area contributed by atoms with Gasteiger partial charge in [-0.3, -0.25) is 4.79 Å². The van der Waals surface area contributed by atoms with E-state index >= 15 is 0 Å². The Hall–Kier alpha value is -1.70. The fourth-order valence-electron chi connectivity index (χ4n) is 1.50. The first kappa shape index (κ1) is 20.3. The molecule has 1 amide bonds. The Morgan fingerprint density at radius 3 is 2.29 bits per heavy atom. The van der Waals surface area contributed by atoms with Crippen LogP contribution < -0.4 is 5.32 Å². The van der Waals surface area contributed by atoms with Crippen molar-refractivity contribution >= 4 is 52.8 Å². The van der Waals surface area contributed by atoms with Crippen LogP contribution in [0.25, 0.3) is 0 Å². The van der Waals surface area contributed by atoms with E-state index in [1.54, 1.807) is 30.3 Å². The number of benzene rings is 1. The number of carboxylic acid groups (broad SMARTS) is 1. The highest BCUT2D eigenvalue weighted by Crippen LogP contribution is 2.25. The van der Waals surface area contributed by atoms with E-state index in [0.29, 0.717) is 0 Å². The molecule has 0 spiro atoms. The van der Waals surface area contributed by atoms with Gasteiger partial charge >= 0.3 is 18.0 Å². The molecule has 0 aliphatic rings. The second-order valence-electron chi connectivity index (χ2n) is 4.58. The van der Waals surface area contributed by atoms with Crippen molar-refractivity contribution in [2.24, 2.45) is 0 Å². The molecule has 132 valence electrons. The number of alkyl halides is 3. The molecule has 0 radical (unpaired) electrons. The molecule has 0 saturated heterocycles. The number of alkyl carbamates (subject to hydrolysis) is 1.